The van der Waals surface area contributed by atoms with Gasteiger partial charge in [0.15, 0.2) is 0 Å². The molecule has 0 saturated carbocycles. The van der Waals surface area contributed by atoms with Crippen molar-refractivity contribution in [3.05, 3.63) is 115 Å². The summed E-state index contributed by atoms with van der Waals surface area (Å²) in [5.74, 6) is 2.28. The first-order valence-corrected chi connectivity index (χ1v) is 17.6. The average molecular weight is 673 g/mol. The van der Waals surface area contributed by atoms with Crippen molar-refractivity contribution in [2.75, 3.05) is 44.2 Å². The fraction of sp³-hybridized carbons (Fsp3) is 0.300. The molecule has 2 aromatic heterocycles. The number of benzene rings is 4. The van der Waals surface area contributed by atoms with Crippen LogP contribution >= 0.6 is 11.6 Å². The molecular weight excluding hydrogens is 628 g/mol. The summed E-state index contributed by atoms with van der Waals surface area (Å²) in [7, 11) is 0. The van der Waals surface area contributed by atoms with Crippen LogP contribution in [-0.2, 0) is 0 Å². The zero-order chi connectivity index (χ0) is 33.8. The van der Waals surface area contributed by atoms with Gasteiger partial charge >= 0.3 is 0 Å². The molecule has 9 heteroatoms. The Kier molecular flexibility index (Phi) is 12.1. The molecule has 0 bridgehead atoms. The summed E-state index contributed by atoms with van der Waals surface area (Å²) in [6.07, 6.45) is 12.1. The van der Waals surface area contributed by atoms with Crippen molar-refractivity contribution in [3.8, 4) is 22.3 Å². The van der Waals surface area contributed by atoms with Crippen LogP contribution in [0.1, 0.15) is 25.7 Å². The highest BCUT2D eigenvalue weighted by molar-refractivity contribution is 6.28. The van der Waals surface area contributed by atoms with Crippen molar-refractivity contribution in [3.63, 3.8) is 0 Å². The number of hydrogen-bond acceptors (Lipinski definition) is 8. The molecule has 2 aliphatic rings. The van der Waals surface area contributed by atoms with Crippen LogP contribution in [0.4, 0.5) is 5.95 Å². The van der Waals surface area contributed by atoms with Gasteiger partial charge in [-0.25, -0.2) is 19.9 Å². The summed E-state index contributed by atoms with van der Waals surface area (Å²) in [5.41, 5.74) is 15.5. The predicted octanol–water partition coefficient (Wildman–Crippen LogP) is 7.37. The lowest BCUT2D eigenvalue weighted by atomic mass is 9.97. The highest BCUT2D eigenvalue weighted by Gasteiger charge is 2.20. The van der Waals surface area contributed by atoms with Gasteiger partial charge in [-0.3, -0.25) is 0 Å². The lowest BCUT2D eigenvalue weighted by Gasteiger charge is -2.31. The number of nitrogens with one attached hydrogen (secondary N) is 1. The molecule has 0 amide bonds. The average Bonchev–Trinajstić information content (AvgIpc) is 3.19. The largest absolute Gasteiger partial charge is 0.341 e. The number of piperidine rings is 2. The van der Waals surface area contributed by atoms with Crippen LogP contribution in [0.3, 0.4) is 0 Å². The van der Waals surface area contributed by atoms with Gasteiger partial charge in [-0.1, -0.05) is 72.8 Å². The molecule has 2 aliphatic heterocycles. The predicted molar refractivity (Wildman–Crippen MR) is 204 cm³/mol. The topological polar surface area (TPSA) is 119 Å². The van der Waals surface area contributed by atoms with E-state index in [1.54, 1.807) is 12.4 Å². The molecule has 5 N–H and O–H groups in total. The summed E-state index contributed by atoms with van der Waals surface area (Å²) >= 11 is 5.67. The van der Waals surface area contributed by atoms with E-state index in [0.29, 0.717) is 5.92 Å². The monoisotopic (exact) mass is 672 g/mol. The Balaban J connectivity index is 0.000000144. The molecule has 2 saturated heterocycles. The van der Waals surface area contributed by atoms with Crippen molar-refractivity contribution in [1.82, 2.24) is 25.3 Å². The Morgan fingerprint density at radius 2 is 1.02 bits per heavy atom. The van der Waals surface area contributed by atoms with Gasteiger partial charge in [0.2, 0.25) is 11.2 Å². The highest BCUT2D eigenvalue weighted by Crippen LogP contribution is 2.26. The van der Waals surface area contributed by atoms with Crippen molar-refractivity contribution in [2.24, 2.45) is 23.3 Å². The van der Waals surface area contributed by atoms with Crippen molar-refractivity contribution in [2.45, 2.75) is 25.7 Å². The minimum Gasteiger partial charge on any atom is -0.341 e. The normalized spacial score (nSPS) is 15.3. The van der Waals surface area contributed by atoms with Gasteiger partial charge in [0.1, 0.15) is 0 Å². The van der Waals surface area contributed by atoms with Gasteiger partial charge in [0, 0.05) is 49.0 Å². The zero-order valence-corrected chi connectivity index (χ0v) is 28.6. The Hall–Kier alpha value is -4.47. The molecule has 4 aromatic carbocycles. The van der Waals surface area contributed by atoms with Gasteiger partial charge in [-0.15, -0.1) is 0 Å². The zero-order valence-electron chi connectivity index (χ0n) is 27.9. The van der Waals surface area contributed by atoms with E-state index in [-0.39, 0.29) is 5.28 Å². The van der Waals surface area contributed by atoms with Crippen LogP contribution in [0.15, 0.2) is 110 Å². The summed E-state index contributed by atoms with van der Waals surface area (Å²) in [6.45, 7) is 6.00. The van der Waals surface area contributed by atoms with Gasteiger partial charge < -0.3 is 21.7 Å². The third-order valence-electron chi connectivity index (χ3n) is 9.45. The molecular formula is C40H45ClN8. The lowest BCUT2D eigenvalue weighted by molar-refractivity contribution is 0.382. The van der Waals surface area contributed by atoms with Crippen LogP contribution < -0.4 is 21.7 Å². The Morgan fingerprint density at radius 1 is 0.571 bits per heavy atom. The quantitative estimate of drug-likeness (QED) is 0.163. The van der Waals surface area contributed by atoms with E-state index in [4.69, 9.17) is 23.1 Å². The molecule has 252 valence electrons. The van der Waals surface area contributed by atoms with E-state index in [1.807, 2.05) is 24.5 Å². The minimum absolute atomic E-state index is 0.273. The summed E-state index contributed by atoms with van der Waals surface area (Å²) in [6, 6.07) is 29.4. The van der Waals surface area contributed by atoms with Crippen LogP contribution in [-0.4, -0.2) is 59.2 Å². The van der Waals surface area contributed by atoms with Crippen LogP contribution in [0, 0.1) is 11.8 Å². The molecule has 0 aliphatic carbocycles. The minimum atomic E-state index is 0.273. The molecule has 0 spiro atoms. The summed E-state index contributed by atoms with van der Waals surface area (Å²) < 4.78 is 0. The maximum Gasteiger partial charge on any atom is 0.225 e. The fourth-order valence-corrected chi connectivity index (χ4v) is 6.42. The second-order valence-electron chi connectivity index (χ2n) is 12.7. The lowest BCUT2D eigenvalue weighted by Crippen LogP contribution is -2.37. The molecule has 2 fully saturated rings. The Morgan fingerprint density at radius 3 is 1.49 bits per heavy atom. The molecule has 0 unspecified atom stereocenters. The van der Waals surface area contributed by atoms with Crippen LogP contribution in [0.5, 0.6) is 0 Å². The molecule has 0 radical (unpaired) electrons. The number of halogens is 1. The second-order valence-corrected chi connectivity index (χ2v) is 13.1. The van der Waals surface area contributed by atoms with Crippen molar-refractivity contribution in [1.29, 1.82) is 0 Å². The molecule has 4 heterocycles. The van der Waals surface area contributed by atoms with E-state index in [9.17, 15) is 0 Å². The summed E-state index contributed by atoms with van der Waals surface area (Å²) in [4.78, 5) is 19.4. The van der Waals surface area contributed by atoms with E-state index in [0.717, 1.165) is 73.1 Å². The van der Waals surface area contributed by atoms with Gasteiger partial charge in [0.25, 0.3) is 0 Å². The van der Waals surface area contributed by atoms with Crippen LogP contribution in [0.25, 0.3) is 43.8 Å². The van der Waals surface area contributed by atoms with E-state index < -0.39 is 0 Å². The maximum atomic E-state index is 5.76. The van der Waals surface area contributed by atoms with Crippen molar-refractivity contribution < 1.29 is 0 Å². The fourth-order valence-electron chi connectivity index (χ4n) is 6.32. The molecule has 8 rings (SSSR count). The van der Waals surface area contributed by atoms with Crippen LogP contribution in [0.2, 0.25) is 5.28 Å². The molecule has 8 nitrogen and oxygen atoms in total. The number of nitrogens with two attached hydrogens (primary N) is 2. The Labute approximate surface area is 294 Å². The van der Waals surface area contributed by atoms with E-state index in [1.165, 1.54) is 47.5 Å². The molecule has 0 atom stereocenters. The smallest absolute Gasteiger partial charge is 0.225 e. The first kappa shape index (κ1) is 34.4. The first-order chi connectivity index (χ1) is 24.1. The standard InChI is InChI=1S/C20H22N4.C14H9ClN2.C6H14N2/c21-12-15-7-9-24(10-8-15)20-22-13-19(14-23-20)18-6-5-16-3-1-2-4-17(16)11-18;15-14-16-8-13(9-17-14)12-6-5-10-3-1-2-4-11(10)7-12;7-5-6-1-3-8-4-2-6/h1-6,11,13-15H,7-10,12,21H2;1-9H;6,8H,1-5,7H2. The van der Waals surface area contributed by atoms with Gasteiger partial charge in [-0.05, 0) is 120 Å². The SMILES string of the molecule is Clc1ncc(-c2ccc3ccccc3c2)cn1.NCC1CCN(c2ncc(-c3ccc4ccccc4c3)cn2)CC1.NCC1CCNCC1. The van der Waals surface area contributed by atoms with Gasteiger partial charge in [0.05, 0.1) is 0 Å². The van der Waals surface area contributed by atoms with Gasteiger partial charge in [-0.2, -0.15) is 0 Å². The highest BCUT2D eigenvalue weighted by atomic mass is 35.5. The Bertz CT molecular complexity index is 1900. The molecule has 49 heavy (non-hydrogen) atoms. The number of aromatic nitrogens is 4. The number of anilines is 1. The maximum absolute atomic E-state index is 5.76. The number of rotatable bonds is 5. The molecule has 6 aromatic rings. The van der Waals surface area contributed by atoms with Crippen molar-refractivity contribution >= 4 is 39.1 Å². The van der Waals surface area contributed by atoms with E-state index in [2.05, 4.69) is 103 Å². The number of hydrogen-bond donors (Lipinski definition) is 3. The third kappa shape index (κ3) is 9.37. The first-order valence-electron chi connectivity index (χ1n) is 17.2. The second kappa shape index (κ2) is 17.3. The number of fused-ring (bicyclic) bond motifs is 2. The number of nitrogens with zero attached hydrogens (tertiary/aromatic N) is 5. The van der Waals surface area contributed by atoms with E-state index >= 15 is 0 Å². The third-order valence-corrected chi connectivity index (χ3v) is 9.64. The summed E-state index contributed by atoms with van der Waals surface area (Å²) in [5, 5.41) is 8.49.